The Morgan fingerprint density at radius 3 is 2.38 bits per heavy atom. The number of unbranched alkanes of at least 4 members (excludes halogenated alkanes) is 3. The van der Waals surface area contributed by atoms with Crippen molar-refractivity contribution in [2.24, 2.45) is 11.7 Å². The summed E-state index contributed by atoms with van der Waals surface area (Å²) >= 11 is 0. The molecule has 0 heterocycles. The first-order chi connectivity index (χ1) is 7.63. The molecule has 0 aliphatic carbocycles. The van der Waals surface area contributed by atoms with Gasteiger partial charge in [0.1, 0.15) is 5.92 Å². The molecule has 0 aliphatic heterocycles. The van der Waals surface area contributed by atoms with E-state index in [4.69, 9.17) is 11.0 Å². The third-order valence-electron chi connectivity index (χ3n) is 1.89. The van der Waals surface area contributed by atoms with Crippen molar-refractivity contribution in [2.45, 2.75) is 46.5 Å². The van der Waals surface area contributed by atoms with Crippen LogP contribution in [0.4, 0.5) is 0 Å². The van der Waals surface area contributed by atoms with Crippen molar-refractivity contribution in [1.29, 1.82) is 5.26 Å². The number of rotatable bonds is 6. The van der Waals surface area contributed by atoms with E-state index in [-0.39, 0.29) is 0 Å². The molecule has 0 bridgehead atoms. The highest BCUT2D eigenvalue weighted by atomic mass is 16.5. The number of nitrogens with zero attached hydrogens (tertiary/aromatic N) is 1. The second kappa shape index (κ2) is 13.9. The first-order valence-electron chi connectivity index (χ1n) is 5.90. The number of carbonyl (C=O) groups excluding carboxylic acids is 1. The molecule has 0 aromatic rings. The number of nitriles is 1. The van der Waals surface area contributed by atoms with Crippen LogP contribution in [0.5, 0.6) is 0 Å². The Balaban J connectivity index is 0. The Kier molecular flexibility index (Phi) is 15.1. The van der Waals surface area contributed by atoms with Crippen LogP contribution in [-0.2, 0) is 9.53 Å². The highest BCUT2D eigenvalue weighted by molar-refractivity contribution is 5.74. The van der Waals surface area contributed by atoms with Crippen LogP contribution in [0.2, 0.25) is 0 Å². The maximum atomic E-state index is 10.5. The Morgan fingerprint density at radius 2 is 2.00 bits per heavy atom. The third kappa shape index (κ3) is 12.9. The molecule has 0 saturated heterocycles. The summed E-state index contributed by atoms with van der Waals surface area (Å²) in [7, 11) is 0. The standard InChI is InChI=1S/C6H9NO2.C6H15N/c1-3-9-6(8)5(2)4-7;1-2-3-4-5-6-7/h5H,3H2,1-2H3;2-7H2,1H3. The van der Waals surface area contributed by atoms with Crippen molar-refractivity contribution < 1.29 is 9.53 Å². The molecule has 4 heteroatoms. The molecule has 0 saturated carbocycles. The number of esters is 1. The van der Waals surface area contributed by atoms with Gasteiger partial charge in [-0.15, -0.1) is 0 Å². The lowest BCUT2D eigenvalue weighted by molar-refractivity contribution is -0.145. The lowest BCUT2D eigenvalue weighted by Gasteiger charge is -1.99. The van der Waals surface area contributed by atoms with Gasteiger partial charge in [-0.2, -0.15) is 5.26 Å². The monoisotopic (exact) mass is 228 g/mol. The largest absolute Gasteiger partial charge is 0.465 e. The van der Waals surface area contributed by atoms with Gasteiger partial charge in [0.05, 0.1) is 12.7 Å². The minimum absolute atomic E-state index is 0.338. The molecule has 1 unspecified atom stereocenters. The molecule has 0 aliphatic rings. The van der Waals surface area contributed by atoms with Gasteiger partial charge in [0.15, 0.2) is 0 Å². The maximum Gasteiger partial charge on any atom is 0.323 e. The van der Waals surface area contributed by atoms with Gasteiger partial charge in [-0.25, -0.2) is 0 Å². The third-order valence-corrected chi connectivity index (χ3v) is 1.89. The summed E-state index contributed by atoms with van der Waals surface area (Å²) in [6.07, 6.45) is 5.16. The summed E-state index contributed by atoms with van der Waals surface area (Å²) in [6, 6.07) is 1.77. The summed E-state index contributed by atoms with van der Waals surface area (Å²) in [5.74, 6) is -1.08. The SMILES string of the molecule is CCCCCCN.CCOC(=O)C(C)C#N. The molecular formula is C12H24N2O2. The van der Waals surface area contributed by atoms with E-state index in [1.165, 1.54) is 32.6 Å². The second-order valence-corrected chi connectivity index (χ2v) is 3.45. The van der Waals surface area contributed by atoms with Crippen LogP contribution in [0.3, 0.4) is 0 Å². The van der Waals surface area contributed by atoms with E-state index in [0.29, 0.717) is 6.61 Å². The average Bonchev–Trinajstić information content (AvgIpc) is 2.30. The van der Waals surface area contributed by atoms with Crippen LogP contribution >= 0.6 is 0 Å². The molecule has 0 fully saturated rings. The van der Waals surface area contributed by atoms with Gasteiger partial charge in [-0.05, 0) is 26.8 Å². The van der Waals surface area contributed by atoms with Gasteiger partial charge in [0.25, 0.3) is 0 Å². The van der Waals surface area contributed by atoms with E-state index in [9.17, 15) is 4.79 Å². The summed E-state index contributed by atoms with van der Waals surface area (Å²) in [5, 5.41) is 8.18. The summed E-state index contributed by atoms with van der Waals surface area (Å²) in [5.41, 5.74) is 5.27. The van der Waals surface area contributed by atoms with Crippen LogP contribution in [0.15, 0.2) is 0 Å². The molecule has 1 atom stereocenters. The van der Waals surface area contributed by atoms with Crippen molar-refractivity contribution >= 4 is 5.97 Å². The zero-order valence-electron chi connectivity index (χ0n) is 10.7. The van der Waals surface area contributed by atoms with E-state index in [1.807, 2.05) is 0 Å². The number of hydrogen-bond donors (Lipinski definition) is 1. The summed E-state index contributed by atoms with van der Waals surface area (Å²) < 4.78 is 4.53. The number of ether oxygens (including phenoxy) is 1. The molecule has 94 valence electrons. The minimum Gasteiger partial charge on any atom is -0.465 e. The number of nitrogens with two attached hydrogens (primary N) is 1. The Hall–Kier alpha value is -1.08. The van der Waals surface area contributed by atoms with Gasteiger partial charge in [0.2, 0.25) is 0 Å². The molecular weight excluding hydrogens is 204 g/mol. The zero-order valence-corrected chi connectivity index (χ0v) is 10.7. The molecule has 4 nitrogen and oxygen atoms in total. The summed E-state index contributed by atoms with van der Waals surface area (Å²) in [4.78, 5) is 10.5. The maximum absolute atomic E-state index is 10.5. The molecule has 0 rings (SSSR count). The van der Waals surface area contributed by atoms with Crippen molar-refractivity contribution in [3.63, 3.8) is 0 Å². The van der Waals surface area contributed by atoms with Crippen molar-refractivity contribution in [3.8, 4) is 6.07 Å². The quantitative estimate of drug-likeness (QED) is 0.558. The lowest BCUT2D eigenvalue weighted by atomic mass is 10.2. The second-order valence-electron chi connectivity index (χ2n) is 3.45. The molecule has 0 amide bonds. The molecule has 2 N–H and O–H groups in total. The van der Waals surface area contributed by atoms with Crippen LogP contribution < -0.4 is 5.73 Å². The average molecular weight is 228 g/mol. The van der Waals surface area contributed by atoms with Crippen molar-refractivity contribution in [1.82, 2.24) is 0 Å². The Bertz CT molecular complexity index is 196. The zero-order chi connectivity index (χ0) is 12.8. The van der Waals surface area contributed by atoms with Gasteiger partial charge in [0, 0.05) is 0 Å². The van der Waals surface area contributed by atoms with Gasteiger partial charge in [-0.1, -0.05) is 26.2 Å². The predicted molar refractivity (Wildman–Crippen MR) is 64.6 cm³/mol. The number of hydrogen-bond acceptors (Lipinski definition) is 4. The highest BCUT2D eigenvalue weighted by Crippen LogP contribution is 1.95. The predicted octanol–water partition coefficient (Wildman–Crippen LogP) is 2.23. The fraction of sp³-hybridized carbons (Fsp3) is 0.833. The highest BCUT2D eigenvalue weighted by Gasteiger charge is 2.10. The lowest BCUT2D eigenvalue weighted by Crippen LogP contribution is -2.12. The summed E-state index contributed by atoms with van der Waals surface area (Å²) in [6.45, 7) is 6.63. The van der Waals surface area contributed by atoms with Gasteiger partial charge < -0.3 is 10.5 Å². The minimum atomic E-state index is -0.634. The van der Waals surface area contributed by atoms with Crippen LogP contribution in [0.25, 0.3) is 0 Å². The van der Waals surface area contributed by atoms with Gasteiger partial charge >= 0.3 is 5.97 Å². The van der Waals surface area contributed by atoms with E-state index in [1.54, 1.807) is 13.0 Å². The van der Waals surface area contributed by atoms with E-state index < -0.39 is 11.9 Å². The first-order valence-corrected chi connectivity index (χ1v) is 5.90. The Morgan fingerprint density at radius 1 is 1.38 bits per heavy atom. The molecule has 0 radical (unpaired) electrons. The smallest absolute Gasteiger partial charge is 0.323 e. The van der Waals surface area contributed by atoms with E-state index >= 15 is 0 Å². The fourth-order valence-electron chi connectivity index (χ4n) is 0.891. The van der Waals surface area contributed by atoms with E-state index in [0.717, 1.165) is 6.54 Å². The molecule has 0 aromatic heterocycles. The van der Waals surface area contributed by atoms with Crippen LogP contribution in [0.1, 0.15) is 46.5 Å². The molecule has 0 spiro atoms. The molecule has 16 heavy (non-hydrogen) atoms. The van der Waals surface area contributed by atoms with Crippen molar-refractivity contribution in [2.75, 3.05) is 13.2 Å². The topological polar surface area (TPSA) is 76.1 Å². The van der Waals surface area contributed by atoms with E-state index in [2.05, 4.69) is 11.7 Å². The van der Waals surface area contributed by atoms with Crippen molar-refractivity contribution in [3.05, 3.63) is 0 Å². The number of carbonyl (C=O) groups is 1. The fourth-order valence-corrected chi connectivity index (χ4v) is 0.891. The Labute approximate surface area is 98.8 Å². The molecule has 0 aromatic carbocycles. The normalized spacial score (nSPS) is 10.7. The van der Waals surface area contributed by atoms with Crippen LogP contribution in [-0.4, -0.2) is 19.1 Å². The first kappa shape index (κ1) is 17.3. The van der Waals surface area contributed by atoms with Crippen LogP contribution in [0, 0.1) is 17.2 Å². The van der Waals surface area contributed by atoms with Gasteiger partial charge in [-0.3, -0.25) is 4.79 Å².